The van der Waals surface area contributed by atoms with Crippen LogP contribution in [0.15, 0.2) is 42.5 Å². The van der Waals surface area contributed by atoms with E-state index in [9.17, 15) is 14.4 Å². The molecule has 0 radical (unpaired) electrons. The highest BCUT2D eigenvalue weighted by Gasteiger charge is 2.21. The van der Waals surface area contributed by atoms with E-state index in [0.717, 1.165) is 4.88 Å². The molecule has 0 aliphatic heterocycles. The Kier molecular flexibility index (Phi) is 7.54. The lowest BCUT2D eigenvalue weighted by Crippen LogP contribution is -2.34. The SMILES string of the molecule is CC(C)(C)C(=O)NCc1ccc(C(=O)COC(=O)/C=C/c2ccccc2Cl)s1. The Labute approximate surface area is 173 Å². The predicted octanol–water partition coefficient (Wildman–Crippen LogP) is 4.50. The number of halogens is 1. The highest BCUT2D eigenvalue weighted by atomic mass is 35.5. The van der Waals surface area contributed by atoms with Crippen LogP contribution in [-0.4, -0.2) is 24.3 Å². The second-order valence-electron chi connectivity index (χ2n) is 7.08. The molecule has 1 heterocycles. The number of esters is 1. The average Bonchev–Trinajstić information content (AvgIpc) is 3.11. The number of rotatable bonds is 7. The first kappa shape index (κ1) is 21.9. The summed E-state index contributed by atoms with van der Waals surface area (Å²) in [4.78, 5) is 37.2. The van der Waals surface area contributed by atoms with E-state index in [0.29, 0.717) is 22.0 Å². The molecule has 7 heteroatoms. The van der Waals surface area contributed by atoms with Crippen LogP contribution in [0.3, 0.4) is 0 Å². The molecule has 1 N–H and O–H groups in total. The summed E-state index contributed by atoms with van der Waals surface area (Å²) in [5.41, 5.74) is 0.217. The minimum absolute atomic E-state index is 0.0620. The van der Waals surface area contributed by atoms with Gasteiger partial charge in [-0.1, -0.05) is 50.6 Å². The third kappa shape index (κ3) is 6.62. The second kappa shape index (κ2) is 9.66. The van der Waals surface area contributed by atoms with Crippen LogP contribution in [-0.2, 0) is 20.9 Å². The van der Waals surface area contributed by atoms with Gasteiger partial charge in [0.1, 0.15) is 0 Å². The summed E-state index contributed by atoms with van der Waals surface area (Å²) in [7, 11) is 0. The number of carbonyl (C=O) groups is 3. The van der Waals surface area contributed by atoms with Gasteiger partial charge in [-0.25, -0.2) is 4.79 Å². The lowest BCUT2D eigenvalue weighted by molar-refractivity contribution is -0.136. The van der Waals surface area contributed by atoms with E-state index in [2.05, 4.69) is 5.32 Å². The highest BCUT2D eigenvalue weighted by Crippen LogP contribution is 2.19. The molecule has 0 saturated carbocycles. The van der Waals surface area contributed by atoms with Crippen LogP contribution >= 0.6 is 22.9 Å². The van der Waals surface area contributed by atoms with Gasteiger partial charge in [-0.2, -0.15) is 0 Å². The molecule has 0 saturated heterocycles. The fourth-order valence-electron chi connectivity index (χ4n) is 2.08. The number of ether oxygens (including phenoxy) is 1. The third-order valence-electron chi connectivity index (χ3n) is 3.69. The maximum Gasteiger partial charge on any atom is 0.331 e. The van der Waals surface area contributed by atoms with Crippen LogP contribution in [0, 0.1) is 5.41 Å². The van der Waals surface area contributed by atoms with Gasteiger partial charge in [0.2, 0.25) is 11.7 Å². The number of hydrogen-bond acceptors (Lipinski definition) is 5. The molecule has 5 nitrogen and oxygen atoms in total. The Morgan fingerprint density at radius 1 is 1.14 bits per heavy atom. The molecule has 1 amide bonds. The van der Waals surface area contributed by atoms with E-state index < -0.39 is 11.4 Å². The van der Waals surface area contributed by atoms with Crippen LogP contribution in [0.2, 0.25) is 5.02 Å². The maximum atomic E-state index is 12.2. The molecule has 0 unspecified atom stereocenters. The van der Waals surface area contributed by atoms with Crippen LogP contribution in [0.4, 0.5) is 0 Å². The summed E-state index contributed by atoms with van der Waals surface area (Å²) in [6.07, 6.45) is 2.77. The smallest absolute Gasteiger partial charge is 0.331 e. The predicted molar refractivity (Wildman–Crippen MR) is 111 cm³/mol. The van der Waals surface area contributed by atoms with Crippen molar-refractivity contribution in [3.05, 3.63) is 62.8 Å². The first-order valence-corrected chi connectivity index (χ1v) is 9.86. The molecule has 0 aliphatic rings. The molecular weight excluding hydrogens is 398 g/mol. The van der Waals surface area contributed by atoms with Crippen molar-refractivity contribution in [2.24, 2.45) is 5.41 Å². The van der Waals surface area contributed by atoms with Gasteiger partial charge in [0, 0.05) is 21.4 Å². The molecule has 0 bridgehead atoms. The zero-order chi connectivity index (χ0) is 20.7. The van der Waals surface area contributed by atoms with Gasteiger partial charge in [0.25, 0.3) is 0 Å². The Bertz CT molecular complexity index is 896. The number of amides is 1. The second-order valence-corrected chi connectivity index (χ2v) is 8.66. The monoisotopic (exact) mass is 419 g/mol. The lowest BCUT2D eigenvalue weighted by atomic mass is 9.96. The maximum absolute atomic E-state index is 12.2. The first-order valence-electron chi connectivity index (χ1n) is 8.66. The van der Waals surface area contributed by atoms with E-state index in [1.165, 1.54) is 23.5 Å². The molecule has 28 heavy (non-hydrogen) atoms. The van der Waals surface area contributed by atoms with E-state index >= 15 is 0 Å². The minimum Gasteiger partial charge on any atom is -0.454 e. The van der Waals surface area contributed by atoms with Crippen molar-refractivity contribution in [1.82, 2.24) is 5.32 Å². The van der Waals surface area contributed by atoms with Gasteiger partial charge in [0.15, 0.2) is 6.61 Å². The summed E-state index contributed by atoms with van der Waals surface area (Å²) in [6, 6.07) is 10.5. The molecule has 2 rings (SSSR count). The minimum atomic E-state index is -0.623. The Hall–Kier alpha value is -2.44. The zero-order valence-corrected chi connectivity index (χ0v) is 17.5. The standard InChI is InChI=1S/C21H22ClNO4S/c1-21(2,3)20(26)23-12-15-9-10-18(28-15)17(24)13-27-19(25)11-8-14-6-4-5-7-16(14)22/h4-11H,12-13H2,1-3H3,(H,23,26)/b11-8+. The van der Waals surface area contributed by atoms with Gasteiger partial charge in [-0.3, -0.25) is 9.59 Å². The van der Waals surface area contributed by atoms with Crippen molar-refractivity contribution >= 4 is 46.7 Å². The number of Topliss-reactive ketones (excluding diaryl/α,β-unsaturated/α-hetero) is 1. The van der Waals surface area contributed by atoms with Gasteiger partial charge in [0.05, 0.1) is 11.4 Å². The summed E-state index contributed by atoms with van der Waals surface area (Å²) in [5, 5.41) is 3.35. The Balaban J connectivity index is 1.83. The van der Waals surface area contributed by atoms with Crippen molar-refractivity contribution in [2.75, 3.05) is 6.61 Å². The topological polar surface area (TPSA) is 72.5 Å². The van der Waals surface area contributed by atoms with Crippen LogP contribution in [0.5, 0.6) is 0 Å². The molecule has 2 aromatic rings. The molecule has 1 aromatic heterocycles. The lowest BCUT2D eigenvalue weighted by Gasteiger charge is -2.17. The molecule has 0 atom stereocenters. The molecule has 148 valence electrons. The number of hydrogen-bond donors (Lipinski definition) is 1. The van der Waals surface area contributed by atoms with Crippen molar-refractivity contribution in [3.63, 3.8) is 0 Å². The van der Waals surface area contributed by atoms with E-state index in [1.807, 2.05) is 20.8 Å². The van der Waals surface area contributed by atoms with Crippen LogP contribution < -0.4 is 5.32 Å². The number of nitrogens with one attached hydrogen (secondary N) is 1. The molecule has 0 fully saturated rings. The van der Waals surface area contributed by atoms with Crippen molar-refractivity contribution in [2.45, 2.75) is 27.3 Å². The Morgan fingerprint density at radius 2 is 1.86 bits per heavy atom. The van der Waals surface area contributed by atoms with Crippen molar-refractivity contribution in [1.29, 1.82) is 0 Å². The van der Waals surface area contributed by atoms with Gasteiger partial charge >= 0.3 is 5.97 Å². The third-order valence-corrected chi connectivity index (χ3v) is 5.16. The average molecular weight is 420 g/mol. The number of thiophene rings is 1. The Morgan fingerprint density at radius 3 is 2.54 bits per heavy atom. The van der Waals surface area contributed by atoms with Gasteiger partial charge in [-0.05, 0) is 29.8 Å². The summed E-state index contributed by atoms with van der Waals surface area (Å²) in [5.74, 6) is -0.978. The number of benzene rings is 1. The van der Waals surface area contributed by atoms with E-state index in [-0.39, 0.29) is 18.3 Å². The fourth-order valence-corrected chi connectivity index (χ4v) is 3.15. The van der Waals surface area contributed by atoms with Crippen molar-refractivity contribution < 1.29 is 19.1 Å². The molecule has 0 spiro atoms. The van der Waals surface area contributed by atoms with E-state index in [1.54, 1.807) is 36.4 Å². The van der Waals surface area contributed by atoms with Gasteiger partial charge in [-0.15, -0.1) is 11.3 Å². The summed E-state index contributed by atoms with van der Waals surface area (Å²) in [6.45, 7) is 5.51. The quantitative estimate of drug-likeness (QED) is 0.407. The first-order chi connectivity index (χ1) is 13.2. The normalized spacial score (nSPS) is 11.4. The van der Waals surface area contributed by atoms with E-state index in [4.69, 9.17) is 16.3 Å². The number of carbonyl (C=O) groups excluding carboxylic acids is 3. The molecule has 0 aliphatic carbocycles. The zero-order valence-electron chi connectivity index (χ0n) is 16.0. The largest absolute Gasteiger partial charge is 0.454 e. The van der Waals surface area contributed by atoms with Crippen molar-refractivity contribution in [3.8, 4) is 0 Å². The fraction of sp³-hybridized carbons (Fsp3) is 0.286. The van der Waals surface area contributed by atoms with Crippen LogP contribution in [0.25, 0.3) is 6.08 Å². The number of ketones is 1. The van der Waals surface area contributed by atoms with Crippen LogP contribution in [0.1, 0.15) is 40.9 Å². The highest BCUT2D eigenvalue weighted by molar-refractivity contribution is 7.14. The molecule has 1 aromatic carbocycles. The molecular formula is C21H22ClNO4S. The summed E-state index contributed by atoms with van der Waals surface area (Å²) >= 11 is 7.27. The summed E-state index contributed by atoms with van der Waals surface area (Å²) < 4.78 is 4.99. The van der Waals surface area contributed by atoms with Gasteiger partial charge < -0.3 is 10.1 Å².